The fourth-order valence-electron chi connectivity index (χ4n) is 1.26. The molecule has 102 valence electrons. The number of alkyl halides is 3. The number of halogens is 5. The number of aromatic nitrogens is 3. The number of benzene rings is 1. The van der Waals surface area contributed by atoms with Gasteiger partial charge in [0, 0.05) is 18.0 Å². The molecule has 0 saturated carbocycles. The maximum absolute atomic E-state index is 13.1. The predicted molar refractivity (Wildman–Crippen MR) is 71.0 cm³/mol. The van der Waals surface area contributed by atoms with Gasteiger partial charge >= 0.3 is 5.69 Å². The summed E-state index contributed by atoms with van der Waals surface area (Å²) in [5.74, 6) is -2.09. The van der Waals surface area contributed by atoms with Crippen LogP contribution in [0.5, 0.6) is 0 Å². The Morgan fingerprint density at radius 1 is 1.21 bits per heavy atom. The van der Waals surface area contributed by atoms with E-state index in [4.69, 9.17) is 34.8 Å². The van der Waals surface area contributed by atoms with Crippen molar-refractivity contribution in [3.8, 4) is 5.69 Å². The molecule has 0 aliphatic carbocycles. The van der Waals surface area contributed by atoms with Crippen molar-refractivity contribution in [1.82, 2.24) is 13.8 Å². The fraction of sp³-hybridized carbons (Fsp3) is 0.111. The Labute approximate surface area is 125 Å². The van der Waals surface area contributed by atoms with Gasteiger partial charge in [0.1, 0.15) is 6.33 Å². The number of hydrogen-bond acceptors (Lipinski definition) is 3. The first kappa shape index (κ1) is 14.6. The lowest BCUT2D eigenvalue weighted by Crippen LogP contribution is -2.22. The minimum absolute atomic E-state index is 0.111. The van der Waals surface area contributed by atoms with Crippen LogP contribution < -0.4 is 5.69 Å². The molecule has 1 heterocycles. The molecule has 4 nitrogen and oxygen atoms in total. The summed E-state index contributed by atoms with van der Waals surface area (Å²) in [5, 5.41) is 3.69. The van der Waals surface area contributed by atoms with Crippen LogP contribution in [0.4, 0.5) is 8.78 Å². The van der Waals surface area contributed by atoms with Crippen molar-refractivity contribution in [2.24, 2.45) is 0 Å². The molecule has 0 fully saturated rings. The lowest BCUT2D eigenvalue weighted by molar-refractivity contribution is 0.508. The molecule has 2 rings (SSSR count). The molecular formula is C9H4Cl3F2N3OS. The zero-order valence-electron chi connectivity index (χ0n) is 8.86. The highest BCUT2D eigenvalue weighted by Crippen LogP contribution is 2.38. The lowest BCUT2D eigenvalue weighted by Gasteiger charge is -2.07. The van der Waals surface area contributed by atoms with Crippen molar-refractivity contribution in [2.45, 2.75) is 3.12 Å². The molecule has 0 radical (unpaired) electrons. The molecule has 0 N–H and O–H groups in total. The first-order chi connectivity index (χ1) is 8.78. The first-order valence-corrected chi connectivity index (χ1v) is 6.57. The van der Waals surface area contributed by atoms with Crippen molar-refractivity contribution in [2.75, 3.05) is 0 Å². The van der Waals surface area contributed by atoms with Gasteiger partial charge in [-0.3, -0.25) is 0 Å². The number of rotatable bonds is 2. The summed E-state index contributed by atoms with van der Waals surface area (Å²) in [6.07, 6.45) is 1.11. The second-order valence-corrected chi connectivity index (χ2v) is 7.39. The van der Waals surface area contributed by atoms with Crippen LogP contribution in [0.15, 0.2) is 29.3 Å². The average Bonchev–Trinajstić information content (AvgIpc) is 2.63. The zero-order valence-corrected chi connectivity index (χ0v) is 11.9. The van der Waals surface area contributed by atoms with Crippen molar-refractivity contribution < 1.29 is 8.78 Å². The molecule has 0 bridgehead atoms. The Kier molecular flexibility index (Phi) is 4.10. The standard InChI is InChI=1S/C9H4Cl3F2N3OS/c10-9(11,12)19-17-8(18)16(4-15-17)5-1-2-6(13)7(14)3-5/h1-4H. The normalized spacial score (nSPS) is 11.8. The monoisotopic (exact) mass is 345 g/mol. The highest BCUT2D eigenvalue weighted by molar-refractivity contribution is 8.03. The minimum atomic E-state index is -1.77. The zero-order chi connectivity index (χ0) is 14.2. The van der Waals surface area contributed by atoms with E-state index in [9.17, 15) is 13.6 Å². The van der Waals surface area contributed by atoms with E-state index in [1.807, 2.05) is 0 Å². The Morgan fingerprint density at radius 3 is 2.47 bits per heavy atom. The quantitative estimate of drug-likeness (QED) is 0.784. The minimum Gasteiger partial charge on any atom is -0.249 e. The first-order valence-electron chi connectivity index (χ1n) is 4.66. The van der Waals surface area contributed by atoms with Gasteiger partial charge in [-0.1, -0.05) is 34.8 Å². The third-order valence-corrected chi connectivity index (χ3v) is 3.26. The Morgan fingerprint density at radius 2 is 1.89 bits per heavy atom. The van der Waals surface area contributed by atoms with E-state index >= 15 is 0 Å². The summed E-state index contributed by atoms with van der Waals surface area (Å²) in [6, 6.07) is 2.99. The van der Waals surface area contributed by atoms with Gasteiger partial charge in [-0.25, -0.2) is 18.1 Å². The van der Waals surface area contributed by atoms with Crippen molar-refractivity contribution in [3.05, 3.63) is 46.6 Å². The Balaban J connectivity index is 2.42. The fourth-order valence-corrected chi connectivity index (χ4v) is 2.30. The van der Waals surface area contributed by atoms with Gasteiger partial charge in [-0.2, -0.15) is 0 Å². The van der Waals surface area contributed by atoms with Crippen molar-refractivity contribution >= 4 is 46.8 Å². The third kappa shape index (κ3) is 3.42. The smallest absolute Gasteiger partial charge is 0.249 e. The van der Waals surface area contributed by atoms with E-state index in [0.717, 1.165) is 27.1 Å². The largest absolute Gasteiger partial charge is 0.361 e. The number of nitrogens with zero attached hydrogens (tertiary/aromatic N) is 3. The summed E-state index contributed by atoms with van der Waals surface area (Å²) in [6.45, 7) is 0. The summed E-state index contributed by atoms with van der Waals surface area (Å²) < 4.78 is 25.9. The van der Waals surface area contributed by atoms with Crippen molar-refractivity contribution in [1.29, 1.82) is 0 Å². The van der Waals surface area contributed by atoms with E-state index in [2.05, 4.69) is 5.10 Å². The third-order valence-electron chi connectivity index (χ3n) is 2.01. The topological polar surface area (TPSA) is 39.8 Å². The van der Waals surface area contributed by atoms with Gasteiger partial charge in [0.15, 0.2) is 11.6 Å². The maximum atomic E-state index is 13.1. The van der Waals surface area contributed by atoms with E-state index in [-0.39, 0.29) is 5.69 Å². The van der Waals surface area contributed by atoms with Gasteiger partial charge in [0.2, 0.25) is 0 Å². The molecule has 0 saturated heterocycles. The summed E-state index contributed by atoms with van der Waals surface area (Å²) in [5.41, 5.74) is -0.553. The van der Waals surface area contributed by atoms with E-state index in [0.29, 0.717) is 11.9 Å². The molecule has 19 heavy (non-hydrogen) atoms. The number of hydrogen-bond donors (Lipinski definition) is 0. The SMILES string of the molecule is O=c1n(-c2ccc(F)c(F)c2)cnn1SC(Cl)(Cl)Cl. The molecule has 1 aromatic carbocycles. The van der Waals surface area contributed by atoms with Crippen LogP contribution in [-0.2, 0) is 0 Å². The molecule has 0 atom stereocenters. The van der Waals surface area contributed by atoms with Gasteiger partial charge < -0.3 is 0 Å². The Bertz CT molecular complexity index is 667. The van der Waals surface area contributed by atoms with Crippen LogP contribution in [0.1, 0.15) is 0 Å². The summed E-state index contributed by atoms with van der Waals surface area (Å²) in [4.78, 5) is 11.9. The molecule has 2 aromatic rings. The molecule has 0 unspecified atom stereocenters. The van der Waals surface area contributed by atoms with Gasteiger partial charge in [0.25, 0.3) is 3.12 Å². The molecule has 0 spiro atoms. The van der Waals surface area contributed by atoms with Crippen LogP contribution >= 0.6 is 46.8 Å². The molecule has 0 aliphatic rings. The predicted octanol–water partition coefficient (Wildman–Crippen LogP) is 3.14. The lowest BCUT2D eigenvalue weighted by atomic mass is 10.3. The Hall–Kier alpha value is -0.760. The van der Waals surface area contributed by atoms with Crippen LogP contribution in [0.3, 0.4) is 0 Å². The second-order valence-electron chi connectivity index (χ2n) is 3.29. The summed E-state index contributed by atoms with van der Waals surface area (Å²) in [7, 11) is 0. The van der Waals surface area contributed by atoms with E-state index in [1.165, 1.54) is 6.07 Å². The molecule has 0 amide bonds. The van der Waals surface area contributed by atoms with Crippen LogP contribution in [0, 0.1) is 11.6 Å². The molecular weight excluding hydrogens is 343 g/mol. The highest BCUT2D eigenvalue weighted by atomic mass is 35.6. The van der Waals surface area contributed by atoms with Crippen molar-refractivity contribution in [3.63, 3.8) is 0 Å². The van der Waals surface area contributed by atoms with Crippen LogP contribution in [0.2, 0.25) is 0 Å². The maximum Gasteiger partial charge on any atom is 0.361 e. The second kappa shape index (κ2) is 5.32. The average molecular weight is 347 g/mol. The van der Waals surface area contributed by atoms with Gasteiger partial charge in [-0.05, 0) is 12.1 Å². The van der Waals surface area contributed by atoms with E-state index in [1.54, 1.807) is 0 Å². The van der Waals surface area contributed by atoms with Crippen LogP contribution in [-0.4, -0.2) is 16.9 Å². The molecule has 0 aliphatic heterocycles. The molecule has 10 heteroatoms. The van der Waals surface area contributed by atoms with E-state index < -0.39 is 20.4 Å². The van der Waals surface area contributed by atoms with Gasteiger partial charge in [0.05, 0.1) is 5.69 Å². The van der Waals surface area contributed by atoms with Gasteiger partial charge in [-0.15, -0.1) is 9.19 Å². The van der Waals surface area contributed by atoms with Crippen LogP contribution in [0.25, 0.3) is 5.69 Å². The molecule has 1 aromatic heterocycles. The highest BCUT2D eigenvalue weighted by Gasteiger charge is 2.24. The summed E-state index contributed by atoms with van der Waals surface area (Å²) >= 11 is 17.1.